The highest BCUT2D eigenvalue weighted by molar-refractivity contribution is 6.10. The first-order valence-corrected chi connectivity index (χ1v) is 17.4. The number of anilines is 3. The van der Waals surface area contributed by atoms with Crippen molar-refractivity contribution < 1.29 is 0 Å². The second kappa shape index (κ2) is 12.9. The van der Waals surface area contributed by atoms with E-state index in [2.05, 4.69) is 204 Å². The lowest BCUT2D eigenvalue weighted by atomic mass is 9.99. The van der Waals surface area contributed by atoms with Gasteiger partial charge in [-0.2, -0.15) is 0 Å². The van der Waals surface area contributed by atoms with Crippen LogP contribution in [0, 0.1) is 0 Å². The van der Waals surface area contributed by atoms with Gasteiger partial charge in [0.05, 0.1) is 11.0 Å². The Morgan fingerprint density at radius 3 is 1.56 bits per heavy atom. The van der Waals surface area contributed by atoms with E-state index in [9.17, 15) is 0 Å². The van der Waals surface area contributed by atoms with E-state index in [-0.39, 0.29) is 0 Å². The number of allylic oxidation sites excluding steroid dienone is 4. The van der Waals surface area contributed by atoms with Crippen LogP contribution in [0.15, 0.2) is 194 Å². The SMILES string of the molecule is C1=CC(c2ccc(N(c3ccc(-c4ccccc4)cc3)c3ccc(-c4ccc5c(c4)c4ccccc4n5-c4ccccc4)cc3)cc2)=CCC1. The molecule has 7 aromatic carbocycles. The van der Waals surface area contributed by atoms with E-state index in [1.165, 1.54) is 60.9 Å². The zero-order valence-corrected chi connectivity index (χ0v) is 27.8. The van der Waals surface area contributed by atoms with E-state index in [0.29, 0.717) is 0 Å². The van der Waals surface area contributed by atoms with Crippen molar-refractivity contribution in [3.8, 4) is 27.9 Å². The largest absolute Gasteiger partial charge is 0.311 e. The maximum absolute atomic E-state index is 2.37. The molecule has 0 saturated heterocycles. The molecule has 1 heterocycles. The predicted molar refractivity (Wildman–Crippen MR) is 213 cm³/mol. The number of hydrogen-bond acceptors (Lipinski definition) is 1. The summed E-state index contributed by atoms with van der Waals surface area (Å²) in [5.74, 6) is 0. The molecule has 1 aliphatic rings. The van der Waals surface area contributed by atoms with Gasteiger partial charge in [0, 0.05) is 33.5 Å². The summed E-state index contributed by atoms with van der Waals surface area (Å²) in [5, 5.41) is 2.52. The van der Waals surface area contributed by atoms with Gasteiger partial charge in [-0.25, -0.2) is 0 Å². The molecule has 8 aromatic rings. The first kappa shape index (κ1) is 29.7. The number of benzene rings is 7. The van der Waals surface area contributed by atoms with E-state index >= 15 is 0 Å². The lowest BCUT2D eigenvalue weighted by Crippen LogP contribution is -2.10. The van der Waals surface area contributed by atoms with Crippen molar-refractivity contribution in [3.63, 3.8) is 0 Å². The molecule has 2 nitrogen and oxygen atoms in total. The van der Waals surface area contributed by atoms with Crippen LogP contribution in [0.4, 0.5) is 17.1 Å². The first-order chi connectivity index (χ1) is 24.8. The minimum atomic E-state index is 1.10. The quantitative estimate of drug-likeness (QED) is 0.168. The van der Waals surface area contributed by atoms with E-state index in [0.717, 1.165) is 29.9 Å². The summed E-state index contributed by atoms with van der Waals surface area (Å²) in [6.45, 7) is 0. The molecule has 0 fully saturated rings. The summed E-state index contributed by atoms with van der Waals surface area (Å²) >= 11 is 0. The van der Waals surface area contributed by atoms with Crippen molar-refractivity contribution in [2.24, 2.45) is 0 Å². The Morgan fingerprint density at radius 2 is 0.920 bits per heavy atom. The molecule has 1 aromatic heterocycles. The lowest BCUT2D eigenvalue weighted by molar-refractivity contribution is 1.04. The van der Waals surface area contributed by atoms with Gasteiger partial charge in [0.2, 0.25) is 0 Å². The Bertz CT molecular complexity index is 2480. The van der Waals surface area contributed by atoms with Crippen LogP contribution in [0.2, 0.25) is 0 Å². The van der Waals surface area contributed by atoms with Crippen LogP contribution >= 0.6 is 0 Å². The van der Waals surface area contributed by atoms with Gasteiger partial charge in [0.1, 0.15) is 0 Å². The molecule has 0 bridgehead atoms. The van der Waals surface area contributed by atoms with E-state index in [1.807, 2.05) is 0 Å². The maximum Gasteiger partial charge on any atom is 0.0541 e. The highest BCUT2D eigenvalue weighted by Crippen LogP contribution is 2.39. The van der Waals surface area contributed by atoms with Crippen molar-refractivity contribution in [3.05, 3.63) is 200 Å². The third kappa shape index (κ3) is 5.51. The fraction of sp³-hybridized carbons (Fsp3) is 0.0417. The molecule has 0 amide bonds. The van der Waals surface area contributed by atoms with Crippen LogP contribution in [-0.2, 0) is 0 Å². The van der Waals surface area contributed by atoms with Crippen molar-refractivity contribution >= 4 is 44.4 Å². The minimum absolute atomic E-state index is 1.10. The minimum Gasteiger partial charge on any atom is -0.311 e. The first-order valence-electron chi connectivity index (χ1n) is 17.4. The molecule has 0 spiro atoms. The van der Waals surface area contributed by atoms with Crippen LogP contribution in [0.25, 0.3) is 55.3 Å². The molecule has 0 aliphatic heterocycles. The van der Waals surface area contributed by atoms with Crippen LogP contribution in [0.1, 0.15) is 18.4 Å². The standard InChI is InChI=1S/C48H36N2/c1-4-12-35(13-5-1)37-20-27-42(28-21-37)49(43-29-22-38(23-30-43)36-14-6-2-7-15-36)44-31-24-39(25-32-44)40-26-33-48-46(34-40)45-18-10-11-19-47(45)50(48)41-16-8-3-9-17-41/h1,3-6,8-34H,2,7H2. The molecule has 0 saturated carbocycles. The zero-order valence-electron chi connectivity index (χ0n) is 27.8. The molecular weight excluding hydrogens is 605 g/mol. The summed E-state index contributed by atoms with van der Waals surface area (Å²) in [6.07, 6.45) is 9.07. The Balaban J connectivity index is 1.10. The molecule has 2 heteroatoms. The van der Waals surface area contributed by atoms with Crippen molar-refractivity contribution in [2.45, 2.75) is 12.8 Å². The fourth-order valence-electron chi connectivity index (χ4n) is 7.32. The monoisotopic (exact) mass is 640 g/mol. The molecular formula is C48H36N2. The van der Waals surface area contributed by atoms with Crippen molar-refractivity contribution in [1.82, 2.24) is 4.57 Å². The molecule has 9 rings (SSSR count). The number of hydrogen-bond donors (Lipinski definition) is 0. The van der Waals surface area contributed by atoms with Crippen molar-refractivity contribution in [2.75, 3.05) is 4.90 Å². The average molecular weight is 641 g/mol. The Labute approximate surface area is 293 Å². The van der Waals surface area contributed by atoms with E-state index in [1.54, 1.807) is 0 Å². The van der Waals surface area contributed by atoms with Gasteiger partial charge < -0.3 is 9.47 Å². The summed E-state index contributed by atoms with van der Waals surface area (Å²) in [4.78, 5) is 2.35. The fourth-order valence-corrected chi connectivity index (χ4v) is 7.32. The second-order valence-electron chi connectivity index (χ2n) is 12.9. The molecule has 0 unspecified atom stereocenters. The molecule has 1 aliphatic carbocycles. The van der Waals surface area contributed by atoms with Crippen LogP contribution in [-0.4, -0.2) is 4.57 Å². The van der Waals surface area contributed by atoms with Crippen LogP contribution in [0.3, 0.4) is 0 Å². The van der Waals surface area contributed by atoms with Gasteiger partial charge in [-0.1, -0.05) is 127 Å². The zero-order chi connectivity index (χ0) is 33.3. The van der Waals surface area contributed by atoms with Crippen LogP contribution in [0.5, 0.6) is 0 Å². The van der Waals surface area contributed by atoms with E-state index in [4.69, 9.17) is 0 Å². The van der Waals surface area contributed by atoms with Gasteiger partial charge in [-0.3, -0.25) is 0 Å². The molecule has 0 atom stereocenters. The summed E-state index contributed by atoms with van der Waals surface area (Å²) in [7, 11) is 0. The topological polar surface area (TPSA) is 8.17 Å². The Kier molecular flexibility index (Phi) is 7.68. The normalized spacial score (nSPS) is 12.7. The maximum atomic E-state index is 2.37. The summed E-state index contributed by atoms with van der Waals surface area (Å²) in [5.41, 5.74) is 14.4. The molecule has 0 radical (unpaired) electrons. The van der Waals surface area contributed by atoms with Gasteiger partial charge in [0.25, 0.3) is 0 Å². The second-order valence-corrected chi connectivity index (χ2v) is 12.9. The Morgan fingerprint density at radius 1 is 0.400 bits per heavy atom. The van der Waals surface area contributed by atoms with E-state index < -0.39 is 0 Å². The van der Waals surface area contributed by atoms with Gasteiger partial charge in [-0.15, -0.1) is 0 Å². The molecule has 50 heavy (non-hydrogen) atoms. The number of aromatic nitrogens is 1. The number of para-hydroxylation sites is 2. The smallest absolute Gasteiger partial charge is 0.0541 e. The lowest BCUT2D eigenvalue weighted by Gasteiger charge is -2.26. The van der Waals surface area contributed by atoms with Gasteiger partial charge in [0.15, 0.2) is 0 Å². The third-order valence-electron chi connectivity index (χ3n) is 9.83. The highest BCUT2D eigenvalue weighted by Gasteiger charge is 2.16. The van der Waals surface area contributed by atoms with Crippen LogP contribution < -0.4 is 4.90 Å². The third-order valence-corrected chi connectivity index (χ3v) is 9.83. The predicted octanol–water partition coefficient (Wildman–Crippen LogP) is 13.3. The number of fused-ring (bicyclic) bond motifs is 3. The molecule has 238 valence electrons. The highest BCUT2D eigenvalue weighted by atomic mass is 15.1. The summed E-state index contributed by atoms with van der Waals surface area (Å²) < 4.78 is 2.37. The molecule has 0 N–H and O–H groups in total. The Hall–Kier alpha value is -6.38. The van der Waals surface area contributed by atoms with Crippen molar-refractivity contribution in [1.29, 1.82) is 0 Å². The van der Waals surface area contributed by atoms with Gasteiger partial charge in [-0.05, 0) is 113 Å². The number of rotatable bonds is 7. The summed E-state index contributed by atoms with van der Waals surface area (Å²) in [6, 6.07) is 63.7. The number of nitrogens with zero attached hydrogens (tertiary/aromatic N) is 2. The average Bonchev–Trinajstić information content (AvgIpc) is 3.53. The van der Waals surface area contributed by atoms with Gasteiger partial charge >= 0.3 is 0 Å².